The highest BCUT2D eigenvalue weighted by atomic mass is 16.8. The van der Waals surface area contributed by atoms with Crippen molar-refractivity contribution in [1.29, 1.82) is 0 Å². The maximum absolute atomic E-state index is 6.15. The van der Waals surface area contributed by atoms with E-state index in [0.29, 0.717) is 19.6 Å². The molecule has 0 aliphatic carbocycles. The highest BCUT2D eigenvalue weighted by Crippen LogP contribution is 2.40. The first kappa shape index (κ1) is 17.3. The molecule has 1 aromatic rings. The van der Waals surface area contributed by atoms with Gasteiger partial charge in [-0.3, -0.25) is 0 Å². The third kappa shape index (κ3) is 3.31. The Morgan fingerprint density at radius 3 is 2.67 bits per heavy atom. The Kier molecular flexibility index (Phi) is 5.48. The molecule has 1 aromatic carbocycles. The zero-order valence-corrected chi connectivity index (χ0v) is 13.9. The minimum absolute atomic E-state index is 0.168. The molecule has 2 aliphatic heterocycles. The summed E-state index contributed by atoms with van der Waals surface area (Å²) in [5, 5.41) is 0. The van der Waals surface area contributed by atoms with Crippen molar-refractivity contribution in [2.45, 2.75) is 36.8 Å². The van der Waals surface area contributed by atoms with Gasteiger partial charge < -0.3 is 23.7 Å². The van der Waals surface area contributed by atoms with Crippen molar-refractivity contribution in [3.8, 4) is 0 Å². The van der Waals surface area contributed by atoms with Crippen LogP contribution in [0.5, 0.6) is 0 Å². The van der Waals surface area contributed by atoms with Gasteiger partial charge in [0.15, 0.2) is 12.6 Å². The van der Waals surface area contributed by atoms with Crippen molar-refractivity contribution in [3.05, 3.63) is 61.2 Å². The Bertz CT molecular complexity index is 560. The number of rotatable bonds is 6. The molecule has 2 aliphatic rings. The molecule has 5 heteroatoms. The molecule has 3 rings (SSSR count). The zero-order chi connectivity index (χ0) is 17.0. The van der Waals surface area contributed by atoms with E-state index in [1.54, 1.807) is 19.3 Å². The average Bonchev–Trinajstić information content (AvgIpc) is 2.65. The van der Waals surface area contributed by atoms with Crippen molar-refractivity contribution in [1.82, 2.24) is 0 Å². The van der Waals surface area contributed by atoms with E-state index >= 15 is 0 Å². The minimum atomic E-state index is -0.775. The molecule has 0 amide bonds. The van der Waals surface area contributed by atoms with Crippen LogP contribution >= 0.6 is 0 Å². The van der Waals surface area contributed by atoms with Crippen LogP contribution in [-0.4, -0.2) is 44.4 Å². The van der Waals surface area contributed by atoms with Crippen LogP contribution in [0.15, 0.2) is 55.6 Å². The summed E-state index contributed by atoms with van der Waals surface area (Å²) < 4.78 is 29.4. The van der Waals surface area contributed by atoms with E-state index in [2.05, 4.69) is 13.2 Å². The minimum Gasteiger partial charge on any atom is -0.361 e. The topological polar surface area (TPSA) is 46.2 Å². The number of hydrogen-bond donors (Lipinski definition) is 0. The predicted molar refractivity (Wildman–Crippen MR) is 89.4 cm³/mol. The summed E-state index contributed by atoms with van der Waals surface area (Å²) in [6, 6.07) is 9.87. The highest BCUT2D eigenvalue weighted by Gasteiger charge is 2.51. The first-order valence-electron chi connectivity index (χ1n) is 8.11. The Morgan fingerprint density at radius 2 is 2.00 bits per heavy atom. The van der Waals surface area contributed by atoms with Crippen LogP contribution in [0.2, 0.25) is 0 Å². The maximum atomic E-state index is 6.15. The van der Waals surface area contributed by atoms with Crippen molar-refractivity contribution in [3.63, 3.8) is 0 Å². The summed E-state index contributed by atoms with van der Waals surface area (Å²) in [7, 11) is 1.60. The fourth-order valence-corrected chi connectivity index (χ4v) is 3.19. The SMILES string of the molecule is C=CCO[C@]1(C=C)C[C@@H]2O[C@H](c3ccccc3)OC[C@H]2O[C@@H]1OC. The Morgan fingerprint density at radius 1 is 1.21 bits per heavy atom. The second-order valence-electron chi connectivity index (χ2n) is 5.96. The number of methoxy groups -OCH3 is 1. The molecule has 0 bridgehead atoms. The summed E-state index contributed by atoms with van der Waals surface area (Å²) >= 11 is 0. The van der Waals surface area contributed by atoms with Gasteiger partial charge in [-0.05, 0) is 0 Å². The Balaban J connectivity index is 1.77. The summed E-state index contributed by atoms with van der Waals surface area (Å²) in [6.45, 7) is 8.44. The molecule has 130 valence electrons. The van der Waals surface area contributed by atoms with Gasteiger partial charge in [0.1, 0.15) is 11.7 Å². The van der Waals surface area contributed by atoms with Gasteiger partial charge in [0.2, 0.25) is 0 Å². The van der Waals surface area contributed by atoms with E-state index in [0.717, 1.165) is 5.56 Å². The van der Waals surface area contributed by atoms with Crippen LogP contribution in [0.3, 0.4) is 0 Å². The van der Waals surface area contributed by atoms with E-state index in [1.165, 1.54) is 0 Å². The third-order valence-corrected chi connectivity index (χ3v) is 4.44. The third-order valence-electron chi connectivity index (χ3n) is 4.44. The molecular formula is C19H24O5. The van der Waals surface area contributed by atoms with Gasteiger partial charge in [0.25, 0.3) is 0 Å². The number of benzene rings is 1. The van der Waals surface area contributed by atoms with Gasteiger partial charge in [-0.25, -0.2) is 0 Å². The monoisotopic (exact) mass is 332 g/mol. The molecule has 0 saturated carbocycles. The lowest BCUT2D eigenvalue weighted by atomic mass is 9.89. The standard InChI is InChI=1S/C19H24O5/c1-4-11-22-19(5-2)12-15-16(24-18(19)20-3)13-21-17(23-15)14-9-7-6-8-10-14/h4-10,15-18H,1-2,11-13H2,3H3/t15-,16+,17+,18-,19+/m0/s1. The highest BCUT2D eigenvalue weighted by molar-refractivity contribution is 5.17. The zero-order valence-electron chi connectivity index (χ0n) is 13.9. The Labute approximate surface area is 142 Å². The van der Waals surface area contributed by atoms with Crippen LogP contribution < -0.4 is 0 Å². The average molecular weight is 332 g/mol. The molecule has 0 N–H and O–H groups in total. The molecule has 2 saturated heterocycles. The first-order chi connectivity index (χ1) is 11.7. The summed E-state index contributed by atoms with van der Waals surface area (Å²) in [6.07, 6.45) is 2.68. The molecule has 0 radical (unpaired) electrons. The van der Waals surface area contributed by atoms with Crippen LogP contribution in [0.25, 0.3) is 0 Å². The molecule has 2 heterocycles. The first-order valence-corrected chi connectivity index (χ1v) is 8.11. The summed E-state index contributed by atoms with van der Waals surface area (Å²) in [5.74, 6) is 0. The van der Waals surface area contributed by atoms with Crippen LogP contribution in [0.4, 0.5) is 0 Å². The van der Waals surface area contributed by atoms with E-state index in [-0.39, 0.29) is 12.2 Å². The van der Waals surface area contributed by atoms with Crippen molar-refractivity contribution in [2.24, 2.45) is 0 Å². The van der Waals surface area contributed by atoms with Crippen molar-refractivity contribution in [2.75, 3.05) is 20.3 Å². The van der Waals surface area contributed by atoms with Crippen LogP contribution in [-0.2, 0) is 23.7 Å². The molecular weight excluding hydrogens is 308 g/mol. The normalized spacial score (nSPS) is 35.9. The summed E-state index contributed by atoms with van der Waals surface area (Å²) in [5.41, 5.74) is 0.212. The van der Waals surface area contributed by atoms with E-state index in [9.17, 15) is 0 Å². The lowest BCUT2D eigenvalue weighted by molar-refractivity contribution is -0.351. The second-order valence-corrected chi connectivity index (χ2v) is 5.96. The molecule has 24 heavy (non-hydrogen) atoms. The fourth-order valence-electron chi connectivity index (χ4n) is 3.19. The maximum Gasteiger partial charge on any atom is 0.190 e. The van der Waals surface area contributed by atoms with Gasteiger partial charge >= 0.3 is 0 Å². The second kappa shape index (κ2) is 7.59. The Hall–Kier alpha value is -1.50. The molecule has 2 fully saturated rings. The lowest BCUT2D eigenvalue weighted by Crippen LogP contribution is -2.60. The van der Waals surface area contributed by atoms with Gasteiger partial charge in [-0.1, -0.05) is 42.5 Å². The number of ether oxygens (including phenoxy) is 5. The van der Waals surface area contributed by atoms with Gasteiger partial charge in [0.05, 0.1) is 19.3 Å². The van der Waals surface area contributed by atoms with E-state index in [4.69, 9.17) is 23.7 Å². The molecule has 0 spiro atoms. The van der Waals surface area contributed by atoms with Gasteiger partial charge in [-0.2, -0.15) is 0 Å². The molecule has 0 unspecified atom stereocenters. The van der Waals surface area contributed by atoms with Crippen LogP contribution in [0, 0.1) is 0 Å². The largest absolute Gasteiger partial charge is 0.361 e. The quantitative estimate of drug-likeness (QED) is 0.750. The predicted octanol–water partition coefficient (Wildman–Crippen LogP) is 2.99. The van der Waals surface area contributed by atoms with E-state index < -0.39 is 18.2 Å². The van der Waals surface area contributed by atoms with Gasteiger partial charge in [0, 0.05) is 19.1 Å². The van der Waals surface area contributed by atoms with Gasteiger partial charge in [-0.15, -0.1) is 13.2 Å². The van der Waals surface area contributed by atoms with E-state index in [1.807, 2.05) is 30.3 Å². The van der Waals surface area contributed by atoms with Crippen molar-refractivity contribution < 1.29 is 23.7 Å². The number of fused-ring (bicyclic) bond motifs is 1. The van der Waals surface area contributed by atoms with Crippen LogP contribution in [0.1, 0.15) is 18.3 Å². The summed E-state index contributed by atoms with van der Waals surface area (Å²) in [4.78, 5) is 0. The smallest absolute Gasteiger partial charge is 0.190 e. The lowest BCUT2D eigenvalue weighted by Gasteiger charge is -2.49. The number of hydrogen-bond acceptors (Lipinski definition) is 5. The molecule has 5 atom stereocenters. The molecule has 0 aromatic heterocycles. The molecule has 5 nitrogen and oxygen atoms in total. The fraction of sp³-hybridized carbons (Fsp3) is 0.474. The van der Waals surface area contributed by atoms with Crippen molar-refractivity contribution >= 4 is 0 Å².